The van der Waals surface area contributed by atoms with E-state index in [0.29, 0.717) is 5.69 Å². The van der Waals surface area contributed by atoms with Gasteiger partial charge in [-0.15, -0.1) is 0 Å². The SMILES string of the molecule is Cc1ccc(NOS(C)(=O)=O)cc1. The molecule has 1 rings (SSSR count). The first kappa shape index (κ1) is 10.0. The number of hydrogen-bond donors (Lipinski definition) is 1. The van der Waals surface area contributed by atoms with Crippen LogP contribution in [0.5, 0.6) is 0 Å². The normalized spacial score (nSPS) is 11.2. The molecule has 13 heavy (non-hydrogen) atoms. The van der Waals surface area contributed by atoms with Crippen LogP contribution in [0.15, 0.2) is 24.3 Å². The van der Waals surface area contributed by atoms with Crippen LogP contribution in [-0.4, -0.2) is 14.7 Å². The average Bonchev–Trinajstić information content (AvgIpc) is 2.02. The summed E-state index contributed by atoms with van der Waals surface area (Å²) in [5, 5.41) is 0. The largest absolute Gasteiger partial charge is 0.284 e. The van der Waals surface area contributed by atoms with Gasteiger partial charge < -0.3 is 0 Å². The van der Waals surface area contributed by atoms with Gasteiger partial charge in [-0.1, -0.05) is 17.7 Å². The molecule has 0 fully saturated rings. The quantitative estimate of drug-likeness (QED) is 0.749. The molecule has 0 saturated carbocycles. The van der Waals surface area contributed by atoms with E-state index in [4.69, 9.17) is 0 Å². The minimum atomic E-state index is -3.44. The molecule has 0 radical (unpaired) electrons. The molecular weight excluding hydrogens is 190 g/mol. The average molecular weight is 201 g/mol. The van der Waals surface area contributed by atoms with Crippen LogP contribution in [0.1, 0.15) is 5.56 Å². The van der Waals surface area contributed by atoms with Gasteiger partial charge in [0, 0.05) is 0 Å². The minimum Gasteiger partial charge on any atom is -0.249 e. The van der Waals surface area contributed by atoms with Crippen molar-refractivity contribution >= 4 is 15.8 Å². The van der Waals surface area contributed by atoms with Gasteiger partial charge in [-0.2, -0.15) is 12.7 Å². The third-order valence-corrected chi connectivity index (χ3v) is 1.75. The Hall–Kier alpha value is -1.07. The Kier molecular flexibility index (Phi) is 2.90. The lowest BCUT2D eigenvalue weighted by atomic mass is 10.2. The number of aryl methyl sites for hydroxylation is 1. The lowest BCUT2D eigenvalue weighted by Crippen LogP contribution is -2.08. The molecule has 0 unspecified atom stereocenters. The highest BCUT2D eigenvalue weighted by Crippen LogP contribution is 2.08. The summed E-state index contributed by atoms with van der Waals surface area (Å²) in [6.07, 6.45) is 0.980. The van der Waals surface area contributed by atoms with Crippen molar-refractivity contribution in [2.75, 3.05) is 11.7 Å². The maximum atomic E-state index is 10.6. The molecule has 0 spiro atoms. The number of nitrogens with one attached hydrogen (secondary N) is 1. The number of anilines is 1. The van der Waals surface area contributed by atoms with Crippen LogP contribution >= 0.6 is 0 Å². The standard InChI is InChI=1S/C8H11NO3S/c1-7-3-5-8(6-4-7)9-12-13(2,10)11/h3-6,9H,1-2H3. The Labute approximate surface area is 77.6 Å². The summed E-state index contributed by atoms with van der Waals surface area (Å²) >= 11 is 0. The molecule has 0 atom stereocenters. The fourth-order valence-corrected chi connectivity index (χ4v) is 0.993. The molecule has 0 heterocycles. The van der Waals surface area contributed by atoms with Gasteiger partial charge in [0.1, 0.15) is 0 Å². The van der Waals surface area contributed by atoms with Crippen LogP contribution in [0.3, 0.4) is 0 Å². The molecular formula is C8H11NO3S. The monoisotopic (exact) mass is 201 g/mol. The van der Waals surface area contributed by atoms with Crippen molar-refractivity contribution in [2.45, 2.75) is 6.92 Å². The zero-order valence-electron chi connectivity index (χ0n) is 7.44. The van der Waals surface area contributed by atoms with Crippen LogP contribution in [-0.2, 0) is 14.4 Å². The van der Waals surface area contributed by atoms with Crippen molar-refractivity contribution in [1.82, 2.24) is 0 Å². The molecule has 4 nitrogen and oxygen atoms in total. The highest BCUT2D eigenvalue weighted by Gasteiger charge is 2.00. The molecule has 5 heteroatoms. The number of benzene rings is 1. The van der Waals surface area contributed by atoms with Crippen LogP contribution < -0.4 is 5.48 Å². The van der Waals surface area contributed by atoms with Gasteiger partial charge in [0.15, 0.2) is 0 Å². The molecule has 0 aliphatic carbocycles. The molecule has 0 bridgehead atoms. The van der Waals surface area contributed by atoms with Crippen LogP contribution in [0, 0.1) is 6.92 Å². The summed E-state index contributed by atoms with van der Waals surface area (Å²) in [6.45, 7) is 1.95. The second-order valence-electron chi connectivity index (χ2n) is 2.76. The smallest absolute Gasteiger partial charge is 0.249 e. The molecule has 72 valence electrons. The molecule has 0 amide bonds. The van der Waals surface area contributed by atoms with Gasteiger partial charge >= 0.3 is 0 Å². The predicted octanol–water partition coefficient (Wildman–Crippen LogP) is 1.30. The second kappa shape index (κ2) is 3.76. The van der Waals surface area contributed by atoms with Gasteiger partial charge in [0.05, 0.1) is 11.9 Å². The number of hydrogen-bond acceptors (Lipinski definition) is 4. The number of rotatable bonds is 3. The Bertz CT molecular complexity index is 369. The van der Waals surface area contributed by atoms with E-state index in [-0.39, 0.29) is 0 Å². The lowest BCUT2D eigenvalue weighted by molar-refractivity contribution is 0.396. The third kappa shape index (κ3) is 3.91. The minimum absolute atomic E-state index is 0.607. The van der Waals surface area contributed by atoms with Crippen molar-refractivity contribution in [3.8, 4) is 0 Å². The zero-order valence-corrected chi connectivity index (χ0v) is 8.26. The molecule has 0 saturated heterocycles. The van der Waals surface area contributed by atoms with Crippen molar-refractivity contribution in [2.24, 2.45) is 0 Å². The van der Waals surface area contributed by atoms with Crippen molar-refractivity contribution in [3.05, 3.63) is 29.8 Å². The van der Waals surface area contributed by atoms with Crippen molar-refractivity contribution in [3.63, 3.8) is 0 Å². The van der Waals surface area contributed by atoms with Crippen molar-refractivity contribution in [1.29, 1.82) is 0 Å². The zero-order chi connectivity index (χ0) is 9.90. The Morgan fingerprint density at radius 1 is 1.23 bits per heavy atom. The molecule has 1 N–H and O–H groups in total. The molecule has 0 aliphatic heterocycles. The van der Waals surface area contributed by atoms with E-state index in [0.717, 1.165) is 11.8 Å². The summed E-state index contributed by atoms with van der Waals surface area (Å²) in [4.78, 5) is 0. The molecule has 1 aromatic carbocycles. The molecule has 0 aromatic heterocycles. The first-order valence-corrected chi connectivity index (χ1v) is 5.50. The fourth-order valence-electron chi connectivity index (χ4n) is 0.745. The van der Waals surface area contributed by atoms with Crippen molar-refractivity contribution < 1.29 is 12.7 Å². The van der Waals surface area contributed by atoms with Gasteiger partial charge in [-0.3, -0.25) is 0 Å². The summed E-state index contributed by atoms with van der Waals surface area (Å²) in [6, 6.07) is 7.18. The van der Waals surface area contributed by atoms with Crippen LogP contribution in [0.25, 0.3) is 0 Å². The van der Waals surface area contributed by atoms with Gasteiger partial charge in [-0.25, -0.2) is 5.48 Å². The Balaban J connectivity index is 2.61. The molecule has 0 aliphatic rings. The van der Waals surface area contributed by atoms with E-state index in [1.54, 1.807) is 12.1 Å². The molecule has 1 aromatic rings. The highest BCUT2D eigenvalue weighted by molar-refractivity contribution is 7.86. The summed E-state index contributed by atoms with van der Waals surface area (Å²) in [5.41, 5.74) is 4.03. The summed E-state index contributed by atoms with van der Waals surface area (Å²) in [5.74, 6) is 0. The second-order valence-corrected chi connectivity index (χ2v) is 4.33. The predicted molar refractivity (Wildman–Crippen MR) is 50.7 cm³/mol. The van der Waals surface area contributed by atoms with Crippen LogP contribution in [0.2, 0.25) is 0 Å². The first-order chi connectivity index (χ1) is 5.97. The lowest BCUT2D eigenvalue weighted by Gasteiger charge is -2.03. The summed E-state index contributed by atoms with van der Waals surface area (Å²) in [7, 11) is -3.44. The first-order valence-electron chi connectivity index (χ1n) is 3.68. The van der Waals surface area contributed by atoms with E-state index < -0.39 is 10.1 Å². The van der Waals surface area contributed by atoms with E-state index >= 15 is 0 Å². The van der Waals surface area contributed by atoms with Gasteiger partial charge in [0.2, 0.25) is 0 Å². The maximum absolute atomic E-state index is 10.6. The van der Waals surface area contributed by atoms with Crippen LogP contribution in [0.4, 0.5) is 5.69 Å². The van der Waals surface area contributed by atoms with E-state index in [2.05, 4.69) is 9.76 Å². The Morgan fingerprint density at radius 3 is 2.23 bits per heavy atom. The maximum Gasteiger partial charge on any atom is 0.284 e. The highest BCUT2D eigenvalue weighted by atomic mass is 32.2. The van der Waals surface area contributed by atoms with Gasteiger partial charge in [0.25, 0.3) is 10.1 Å². The fraction of sp³-hybridized carbons (Fsp3) is 0.250. The summed E-state index contributed by atoms with van der Waals surface area (Å²) < 4.78 is 25.6. The van der Waals surface area contributed by atoms with E-state index in [9.17, 15) is 8.42 Å². The topological polar surface area (TPSA) is 55.4 Å². The Morgan fingerprint density at radius 2 is 1.77 bits per heavy atom. The van der Waals surface area contributed by atoms with Gasteiger partial charge in [-0.05, 0) is 19.1 Å². The van der Waals surface area contributed by atoms with E-state index in [1.165, 1.54) is 0 Å². The third-order valence-electron chi connectivity index (χ3n) is 1.36. The van der Waals surface area contributed by atoms with E-state index in [1.807, 2.05) is 19.1 Å².